The van der Waals surface area contributed by atoms with Crippen LogP contribution in [0.3, 0.4) is 0 Å². The molecule has 0 saturated carbocycles. The molecule has 13 heteroatoms. The predicted molar refractivity (Wildman–Crippen MR) is 189 cm³/mol. The van der Waals surface area contributed by atoms with Crippen molar-refractivity contribution < 1.29 is 34.1 Å². The summed E-state index contributed by atoms with van der Waals surface area (Å²) in [5.41, 5.74) is 2.82. The molecule has 0 bridgehead atoms. The Morgan fingerprint density at radius 1 is 0.694 bits per heavy atom. The molecular formula is C36H24Br2N4O7. The number of aromatic nitrogens is 2. The van der Waals surface area contributed by atoms with Gasteiger partial charge in [-0.3, -0.25) is 24.4 Å². The molecule has 0 unspecified atom stereocenters. The standard InChI is InChI=1S/C36H24Br2N4O7/c37-24-12-22-14-26(38)34(30(32(22)40-16-24)36(48)41-17-27(43)44)49-28(45)18-42-35(47)29-31-21(11-23(15-39-31)19-7-3-1-4-8-19)13-25(33(29)46)20-9-5-2-6-10-20/h1-16,46H,17-18H2,(H,41,48)(H,42,47)(H,43,44). The number of hydrogen-bond acceptors (Lipinski definition) is 8. The highest BCUT2D eigenvalue weighted by atomic mass is 79.9. The number of hydrogen-bond donors (Lipinski definition) is 4. The Hall–Kier alpha value is -5.66. The molecule has 0 fully saturated rings. The van der Waals surface area contributed by atoms with Crippen molar-refractivity contribution in [2.45, 2.75) is 0 Å². The number of aliphatic carboxylic acids is 1. The van der Waals surface area contributed by atoms with Gasteiger partial charge in [-0.15, -0.1) is 0 Å². The van der Waals surface area contributed by atoms with Gasteiger partial charge in [-0.2, -0.15) is 0 Å². The van der Waals surface area contributed by atoms with Gasteiger partial charge in [0.2, 0.25) is 0 Å². The first kappa shape index (κ1) is 33.2. The van der Waals surface area contributed by atoms with Crippen molar-refractivity contribution in [3.8, 4) is 33.8 Å². The molecule has 0 spiro atoms. The fourth-order valence-electron chi connectivity index (χ4n) is 5.26. The molecule has 2 heterocycles. The fraction of sp³-hybridized carbons (Fsp3) is 0.0556. The summed E-state index contributed by atoms with van der Waals surface area (Å²) in [5.74, 6) is -4.41. The summed E-state index contributed by atoms with van der Waals surface area (Å²) < 4.78 is 6.39. The molecule has 0 atom stereocenters. The van der Waals surface area contributed by atoms with Gasteiger partial charge in [-0.25, -0.2) is 4.79 Å². The number of esters is 1. The molecule has 4 aromatic carbocycles. The molecule has 6 rings (SSSR count). The Labute approximate surface area is 295 Å². The molecule has 0 aliphatic heterocycles. The second-order valence-electron chi connectivity index (χ2n) is 10.7. The Morgan fingerprint density at radius 2 is 1.29 bits per heavy atom. The maximum Gasteiger partial charge on any atom is 0.330 e. The number of ether oxygens (including phenoxy) is 1. The van der Waals surface area contributed by atoms with Crippen molar-refractivity contribution in [3.63, 3.8) is 0 Å². The Kier molecular flexibility index (Phi) is 9.65. The number of amides is 2. The van der Waals surface area contributed by atoms with E-state index in [0.29, 0.717) is 26.4 Å². The number of carbonyl (C=O) groups is 4. The van der Waals surface area contributed by atoms with E-state index in [0.717, 1.165) is 11.1 Å². The van der Waals surface area contributed by atoms with Crippen LogP contribution in [0, 0.1) is 0 Å². The van der Waals surface area contributed by atoms with Crippen LogP contribution < -0.4 is 15.4 Å². The van der Waals surface area contributed by atoms with E-state index < -0.39 is 36.8 Å². The summed E-state index contributed by atoms with van der Waals surface area (Å²) >= 11 is 6.66. The molecule has 6 aromatic rings. The number of pyridine rings is 2. The van der Waals surface area contributed by atoms with Gasteiger partial charge in [0, 0.05) is 38.8 Å². The van der Waals surface area contributed by atoms with Crippen LogP contribution in [0.1, 0.15) is 20.7 Å². The van der Waals surface area contributed by atoms with Gasteiger partial charge >= 0.3 is 11.9 Å². The number of phenols is 1. The van der Waals surface area contributed by atoms with Crippen LogP contribution in [0.2, 0.25) is 0 Å². The Balaban J connectivity index is 1.32. The highest BCUT2D eigenvalue weighted by molar-refractivity contribution is 9.10. The highest BCUT2D eigenvalue weighted by Crippen LogP contribution is 2.39. The number of carboxylic acid groups (broad SMARTS) is 1. The third-order valence-electron chi connectivity index (χ3n) is 7.45. The normalized spacial score (nSPS) is 10.9. The van der Waals surface area contributed by atoms with Gasteiger partial charge in [0.15, 0.2) is 5.75 Å². The van der Waals surface area contributed by atoms with Crippen molar-refractivity contribution in [1.29, 1.82) is 0 Å². The zero-order chi connectivity index (χ0) is 34.7. The highest BCUT2D eigenvalue weighted by Gasteiger charge is 2.26. The average Bonchev–Trinajstić information content (AvgIpc) is 3.10. The number of halogens is 2. The minimum Gasteiger partial charge on any atom is -0.506 e. The van der Waals surface area contributed by atoms with E-state index in [1.54, 1.807) is 36.5 Å². The lowest BCUT2D eigenvalue weighted by atomic mass is 9.96. The van der Waals surface area contributed by atoms with Crippen LogP contribution in [0.5, 0.6) is 11.5 Å². The lowest BCUT2D eigenvalue weighted by Crippen LogP contribution is -2.33. The molecule has 0 saturated heterocycles. The van der Waals surface area contributed by atoms with Crippen LogP contribution in [0.25, 0.3) is 44.1 Å². The van der Waals surface area contributed by atoms with E-state index in [9.17, 15) is 24.3 Å². The number of nitrogens with zero attached hydrogens (tertiary/aromatic N) is 2. The maximum atomic E-state index is 13.7. The van der Waals surface area contributed by atoms with Crippen molar-refractivity contribution in [2.24, 2.45) is 0 Å². The number of phenolic OH excluding ortho intramolecular Hbond substituents is 1. The molecule has 244 valence electrons. The predicted octanol–water partition coefficient (Wildman–Crippen LogP) is 6.50. The topological polar surface area (TPSA) is 168 Å². The molecule has 4 N–H and O–H groups in total. The zero-order valence-corrected chi connectivity index (χ0v) is 28.4. The quantitative estimate of drug-likeness (QED) is 0.0946. The van der Waals surface area contributed by atoms with E-state index in [4.69, 9.17) is 9.84 Å². The van der Waals surface area contributed by atoms with E-state index in [-0.39, 0.29) is 38.1 Å². The second kappa shape index (κ2) is 14.2. The second-order valence-corrected chi connectivity index (χ2v) is 12.5. The molecule has 0 aliphatic carbocycles. The maximum absolute atomic E-state index is 13.7. The summed E-state index contributed by atoms with van der Waals surface area (Å²) in [6, 6.07) is 25.5. The lowest BCUT2D eigenvalue weighted by molar-refractivity contribution is -0.136. The summed E-state index contributed by atoms with van der Waals surface area (Å²) in [4.78, 5) is 60.0. The van der Waals surface area contributed by atoms with Crippen LogP contribution in [-0.2, 0) is 9.59 Å². The fourth-order valence-corrected chi connectivity index (χ4v) is 6.14. The number of rotatable bonds is 9. The monoisotopic (exact) mass is 782 g/mol. The van der Waals surface area contributed by atoms with Gasteiger partial charge in [0.1, 0.15) is 30.0 Å². The number of aromatic hydroxyl groups is 1. The van der Waals surface area contributed by atoms with Crippen LogP contribution >= 0.6 is 31.9 Å². The van der Waals surface area contributed by atoms with Gasteiger partial charge in [-0.1, -0.05) is 60.7 Å². The van der Waals surface area contributed by atoms with Crippen LogP contribution in [0.15, 0.2) is 106 Å². The summed E-state index contributed by atoms with van der Waals surface area (Å²) in [6.07, 6.45) is 3.04. The number of nitrogens with one attached hydrogen (secondary N) is 2. The van der Waals surface area contributed by atoms with E-state index >= 15 is 0 Å². The molecule has 0 aliphatic rings. The largest absolute Gasteiger partial charge is 0.506 e. The van der Waals surface area contributed by atoms with Crippen LogP contribution in [0.4, 0.5) is 0 Å². The van der Waals surface area contributed by atoms with Gasteiger partial charge < -0.3 is 25.6 Å². The minimum atomic E-state index is -1.28. The van der Waals surface area contributed by atoms with Crippen molar-refractivity contribution in [2.75, 3.05) is 13.1 Å². The van der Waals surface area contributed by atoms with Crippen molar-refractivity contribution in [1.82, 2.24) is 20.6 Å². The first-order valence-electron chi connectivity index (χ1n) is 14.6. The summed E-state index contributed by atoms with van der Waals surface area (Å²) in [6.45, 7) is -1.35. The van der Waals surface area contributed by atoms with E-state index in [2.05, 4.69) is 52.5 Å². The third kappa shape index (κ3) is 7.12. The molecule has 11 nitrogen and oxygen atoms in total. The number of carbonyl (C=O) groups excluding carboxylic acids is 3. The molecule has 2 amide bonds. The van der Waals surface area contributed by atoms with Crippen LogP contribution in [-0.4, -0.2) is 57.0 Å². The molecule has 49 heavy (non-hydrogen) atoms. The SMILES string of the molecule is O=C(O)CNC(=O)c1c(OC(=O)CNC(=O)c2c(O)c(-c3ccccc3)cc3cc(-c4ccccc4)cnc23)c(Br)cc2cc(Br)cnc12. The molecule has 0 radical (unpaired) electrons. The summed E-state index contributed by atoms with van der Waals surface area (Å²) in [5, 5.41) is 26.4. The lowest BCUT2D eigenvalue weighted by Gasteiger charge is -2.16. The zero-order valence-electron chi connectivity index (χ0n) is 25.2. The first-order valence-corrected chi connectivity index (χ1v) is 16.2. The molecular weight excluding hydrogens is 760 g/mol. The minimum absolute atomic E-state index is 0.140. The van der Waals surface area contributed by atoms with E-state index in [1.165, 1.54) is 6.20 Å². The first-order chi connectivity index (χ1) is 23.6. The number of carboxylic acids is 1. The summed E-state index contributed by atoms with van der Waals surface area (Å²) in [7, 11) is 0. The smallest absolute Gasteiger partial charge is 0.330 e. The van der Waals surface area contributed by atoms with Gasteiger partial charge in [-0.05, 0) is 67.3 Å². The van der Waals surface area contributed by atoms with Crippen molar-refractivity contribution >= 4 is 77.4 Å². The molecule has 2 aromatic heterocycles. The number of benzene rings is 4. The average molecular weight is 784 g/mol. The van der Waals surface area contributed by atoms with Gasteiger partial charge in [0.05, 0.1) is 15.5 Å². The van der Waals surface area contributed by atoms with Crippen molar-refractivity contribution in [3.05, 3.63) is 117 Å². The number of fused-ring (bicyclic) bond motifs is 2. The Morgan fingerprint density at radius 3 is 1.98 bits per heavy atom. The Bertz CT molecular complexity index is 2280. The van der Waals surface area contributed by atoms with Gasteiger partial charge in [0.25, 0.3) is 11.8 Å². The third-order valence-corrected chi connectivity index (χ3v) is 8.47. The van der Waals surface area contributed by atoms with E-state index in [1.807, 2.05) is 54.6 Å².